The average Bonchev–Trinajstić information content (AvgIpc) is 3.26. The number of sulfonamides is 1. The van der Waals surface area contributed by atoms with Crippen molar-refractivity contribution in [2.75, 3.05) is 46.0 Å². The number of ether oxygens (including phenoxy) is 1. The molecule has 0 spiro atoms. The number of nitrogens with zero attached hydrogens (tertiary/aromatic N) is 4. The van der Waals surface area contributed by atoms with Crippen LogP contribution in [0, 0.1) is 0 Å². The molecule has 3 aromatic rings. The maximum atomic E-state index is 13.5. The van der Waals surface area contributed by atoms with E-state index in [-0.39, 0.29) is 23.0 Å². The van der Waals surface area contributed by atoms with Crippen LogP contribution in [0.2, 0.25) is 0 Å². The van der Waals surface area contributed by atoms with Gasteiger partial charge in [-0.2, -0.15) is 4.31 Å². The van der Waals surface area contributed by atoms with Crippen LogP contribution >= 0.6 is 0 Å². The third-order valence-corrected chi connectivity index (χ3v) is 8.64. The number of aromatic nitrogens is 3. The molecule has 1 saturated heterocycles. The number of hydrogen-bond donors (Lipinski definition) is 1. The molecule has 0 bridgehead atoms. The van der Waals surface area contributed by atoms with Crippen LogP contribution < -0.4 is 10.3 Å². The van der Waals surface area contributed by atoms with E-state index in [1.165, 1.54) is 16.4 Å². The maximum absolute atomic E-state index is 13.5. The van der Waals surface area contributed by atoms with E-state index in [2.05, 4.69) is 16.8 Å². The van der Waals surface area contributed by atoms with E-state index in [0.717, 1.165) is 18.4 Å². The number of piperazine rings is 1. The normalized spacial score (nSPS) is 15.5. The Morgan fingerprint density at radius 3 is 2.54 bits per heavy atom. The maximum Gasteiger partial charge on any atom is 0.275 e. The zero-order chi connectivity index (χ0) is 26.6. The van der Waals surface area contributed by atoms with Crippen LogP contribution in [0.1, 0.15) is 39.2 Å². The smallest absolute Gasteiger partial charge is 0.275 e. The number of alkyl halides is 1. The number of hydrogen-bond acceptors (Lipinski definition) is 6. The predicted octanol–water partition coefficient (Wildman–Crippen LogP) is 3.43. The minimum absolute atomic E-state index is 0.116. The summed E-state index contributed by atoms with van der Waals surface area (Å²) < 4.78 is 48.7. The van der Waals surface area contributed by atoms with Crippen molar-refractivity contribution in [2.45, 2.75) is 51.5 Å². The number of H-pyrrole nitrogens is 1. The van der Waals surface area contributed by atoms with Crippen molar-refractivity contribution in [3.05, 3.63) is 40.3 Å². The molecule has 3 heterocycles. The number of aryl methyl sites for hydroxylation is 2. The number of nitrogens with one attached hydrogen (secondary N) is 1. The van der Waals surface area contributed by atoms with Gasteiger partial charge in [0.05, 0.1) is 29.3 Å². The quantitative estimate of drug-likeness (QED) is 0.405. The predicted molar refractivity (Wildman–Crippen MR) is 142 cm³/mol. The molecule has 0 atom stereocenters. The van der Waals surface area contributed by atoms with E-state index < -0.39 is 10.0 Å². The topological polar surface area (TPSA) is 101 Å². The third kappa shape index (κ3) is 5.58. The van der Waals surface area contributed by atoms with Crippen LogP contribution in [-0.2, 0) is 23.0 Å². The Labute approximate surface area is 217 Å². The molecule has 0 saturated carbocycles. The van der Waals surface area contributed by atoms with Gasteiger partial charge in [0, 0.05) is 45.5 Å². The number of rotatable bonds is 11. The van der Waals surface area contributed by atoms with E-state index in [1.807, 2.05) is 24.6 Å². The first-order chi connectivity index (χ1) is 17.8. The first-order valence-corrected chi connectivity index (χ1v) is 14.5. The number of aromatic amines is 1. The highest BCUT2D eigenvalue weighted by molar-refractivity contribution is 7.89. The Morgan fingerprint density at radius 1 is 1.14 bits per heavy atom. The van der Waals surface area contributed by atoms with Crippen LogP contribution in [0.15, 0.2) is 34.1 Å². The molecule has 1 fully saturated rings. The summed E-state index contributed by atoms with van der Waals surface area (Å²) in [6.07, 6.45) is 4.11. The highest BCUT2D eigenvalue weighted by Crippen LogP contribution is 2.32. The molecule has 1 aliphatic heterocycles. The van der Waals surface area contributed by atoms with Gasteiger partial charge in [0.1, 0.15) is 17.1 Å². The molecular weight excluding hydrogens is 497 g/mol. The van der Waals surface area contributed by atoms with Crippen molar-refractivity contribution in [3.63, 3.8) is 0 Å². The summed E-state index contributed by atoms with van der Waals surface area (Å²) in [5.74, 6) is 0.729. The minimum Gasteiger partial charge on any atom is -0.493 e. The van der Waals surface area contributed by atoms with Gasteiger partial charge in [0.25, 0.3) is 5.56 Å². The van der Waals surface area contributed by atoms with Crippen LogP contribution in [0.25, 0.3) is 22.4 Å². The Morgan fingerprint density at radius 2 is 1.89 bits per heavy atom. The van der Waals surface area contributed by atoms with E-state index in [0.29, 0.717) is 74.6 Å². The Bertz CT molecular complexity index is 1390. The monoisotopic (exact) mass is 533 g/mol. The van der Waals surface area contributed by atoms with Gasteiger partial charge in [0.2, 0.25) is 10.0 Å². The Balaban J connectivity index is 1.75. The summed E-state index contributed by atoms with van der Waals surface area (Å²) in [6, 6.07) is 4.69. The van der Waals surface area contributed by atoms with Crippen molar-refractivity contribution in [1.82, 2.24) is 23.7 Å². The lowest BCUT2D eigenvalue weighted by Crippen LogP contribution is -2.48. The highest BCUT2D eigenvalue weighted by atomic mass is 32.2. The summed E-state index contributed by atoms with van der Waals surface area (Å²) in [4.78, 5) is 23.0. The second-order valence-electron chi connectivity index (χ2n) is 9.18. The van der Waals surface area contributed by atoms with Gasteiger partial charge in [0.15, 0.2) is 0 Å². The Hall–Kier alpha value is -2.76. The zero-order valence-electron chi connectivity index (χ0n) is 21.8. The van der Waals surface area contributed by atoms with Crippen LogP contribution in [-0.4, -0.2) is 78.2 Å². The lowest BCUT2D eigenvalue weighted by Gasteiger charge is -2.33. The Kier molecular flexibility index (Phi) is 8.66. The molecule has 202 valence electrons. The molecular formula is C26H36FN5O4S. The van der Waals surface area contributed by atoms with E-state index in [4.69, 9.17) is 9.72 Å². The molecule has 1 N–H and O–H groups in total. The van der Waals surface area contributed by atoms with Crippen molar-refractivity contribution >= 4 is 21.1 Å². The van der Waals surface area contributed by atoms with E-state index >= 15 is 0 Å². The third-order valence-electron chi connectivity index (χ3n) is 6.74. The van der Waals surface area contributed by atoms with Gasteiger partial charge in [-0.1, -0.05) is 13.3 Å². The van der Waals surface area contributed by atoms with Gasteiger partial charge in [-0.05, 0) is 50.5 Å². The molecule has 37 heavy (non-hydrogen) atoms. The first kappa shape index (κ1) is 27.3. The minimum atomic E-state index is -3.78. The SMILES string of the molecule is CCCc1cn(CC)c2c(=O)[nH]c(-c3cc(S(=O)(=O)N4CCN(CCCF)CC4)ccc3OCC)nc12. The average molecular weight is 534 g/mol. The van der Waals surface area contributed by atoms with Crippen LogP contribution in [0.3, 0.4) is 0 Å². The number of halogens is 1. The fourth-order valence-corrected chi connectivity index (χ4v) is 6.31. The lowest BCUT2D eigenvalue weighted by molar-refractivity contribution is 0.182. The largest absolute Gasteiger partial charge is 0.493 e. The number of fused-ring (bicyclic) bond motifs is 1. The molecule has 1 aromatic carbocycles. The van der Waals surface area contributed by atoms with Gasteiger partial charge < -0.3 is 19.2 Å². The zero-order valence-corrected chi connectivity index (χ0v) is 22.6. The molecule has 0 radical (unpaired) electrons. The van der Waals surface area contributed by atoms with E-state index in [1.54, 1.807) is 6.07 Å². The first-order valence-electron chi connectivity index (χ1n) is 13.0. The second kappa shape index (κ2) is 11.7. The number of benzene rings is 1. The molecule has 2 aromatic heterocycles. The van der Waals surface area contributed by atoms with Gasteiger partial charge in [-0.25, -0.2) is 13.4 Å². The van der Waals surface area contributed by atoms with Gasteiger partial charge in [-0.15, -0.1) is 0 Å². The summed E-state index contributed by atoms with van der Waals surface area (Å²) in [7, 11) is -3.78. The fourth-order valence-electron chi connectivity index (χ4n) is 4.86. The molecule has 9 nitrogen and oxygen atoms in total. The van der Waals surface area contributed by atoms with Crippen molar-refractivity contribution in [1.29, 1.82) is 0 Å². The van der Waals surface area contributed by atoms with Crippen LogP contribution in [0.4, 0.5) is 4.39 Å². The molecule has 0 unspecified atom stereocenters. The standard InChI is InChI=1S/C26H36FN5O4S/c1-4-8-19-18-31(5-2)24-23(19)28-25(29-26(24)33)21-17-20(9-10-22(21)36-6-3)37(34,35)32-15-13-30(14-16-32)12-7-11-27/h9-10,17-18H,4-8,11-16H2,1-3H3,(H,28,29,33). The summed E-state index contributed by atoms with van der Waals surface area (Å²) >= 11 is 0. The second-order valence-corrected chi connectivity index (χ2v) is 11.1. The van der Waals surface area contributed by atoms with Gasteiger partial charge in [-0.3, -0.25) is 9.18 Å². The van der Waals surface area contributed by atoms with Crippen molar-refractivity contribution in [3.8, 4) is 17.1 Å². The molecule has 0 aliphatic carbocycles. The molecule has 0 amide bonds. The highest BCUT2D eigenvalue weighted by Gasteiger charge is 2.29. The van der Waals surface area contributed by atoms with E-state index in [9.17, 15) is 17.6 Å². The summed E-state index contributed by atoms with van der Waals surface area (Å²) in [5.41, 5.74) is 2.28. The summed E-state index contributed by atoms with van der Waals surface area (Å²) in [5, 5.41) is 0. The van der Waals surface area contributed by atoms with Crippen molar-refractivity contribution in [2.24, 2.45) is 0 Å². The molecule has 11 heteroatoms. The van der Waals surface area contributed by atoms with Crippen LogP contribution in [0.5, 0.6) is 5.75 Å². The summed E-state index contributed by atoms with van der Waals surface area (Å²) in [6.45, 7) is 8.95. The fraction of sp³-hybridized carbons (Fsp3) is 0.538. The molecule has 1 aliphatic rings. The lowest BCUT2D eigenvalue weighted by atomic mass is 10.1. The van der Waals surface area contributed by atoms with Gasteiger partial charge >= 0.3 is 0 Å². The van der Waals surface area contributed by atoms with Crippen molar-refractivity contribution < 1.29 is 17.5 Å². The molecule has 4 rings (SSSR count).